The van der Waals surface area contributed by atoms with E-state index in [0.29, 0.717) is 6.54 Å². The Morgan fingerprint density at radius 2 is 1.67 bits per heavy atom. The first-order chi connectivity index (χ1) is 4.00. The van der Waals surface area contributed by atoms with E-state index < -0.39 is 6.03 Å². The molecule has 0 heterocycles. The number of hydrogen-bond acceptors (Lipinski definition) is 3. The number of rotatable bonds is 1. The van der Waals surface area contributed by atoms with Crippen LogP contribution in [0.4, 0.5) is 4.79 Å². The third-order valence-corrected chi connectivity index (χ3v) is 0.372. The highest BCUT2D eigenvalue weighted by Crippen LogP contribution is 1.59. The molecule has 8 N–H and O–H groups in total. The molecule has 0 saturated carbocycles. The second kappa shape index (κ2) is 7.19. The van der Waals surface area contributed by atoms with Crippen molar-refractivity contribution >= 4 is 6.03 Å². The maximum absolute atomic E-state index is 9.00. The monoisotopic (exact) mass is 134 g/mol. The maximum Gasteiger partial charge on any atom is 0.309 e. The summed E-state index contributed by atoms with van der Waals surface area (Å²) in [5, 5.41) is 0. The minimum absolute atomic E-state index is 0.162. The molecule has 56 valence electrons. The Morgan fingerprint density at radius 3 is 1.67 bits per heavy atom. The van der Waals surface area contributed by atoms with Crippen LogP contribution in [0.1, 0.15) is 6.92 Å². The van der Waals surface area contributed by atoms with Crippen molar-refractivity contribution in [2.75, 3.05) is 6.54 Å². The van der Waals surface area contributed by atoms with E-state index in [1.54, 1.807) is 0 Å². The number of urea groups is 1. The predicted octanol–water partition coefficient (Wildman–Crippen LogP) is -1.68. The van der Waals surface area contributed by atoms with Gasteiger partial charge in [0.1, 0.15) is 0 Å². The van der Waals surface area contributed by atoms with Crippen LogP contribution in [0.5, 0.6) is 0 Å². The Kier molecular flexibility index (Phi) is 8.83. The van der Waals surface area contributed by atoms with Gasteiger partial charge in [-0.3, -0.25) is 0 Å². The summed E-state index contributed by atoms with van der Waals surface area (Å²) >= 11 is 0. The van der Waals surface area contributed by atoms with Crippen LogP contribution >= 0.6 is 0 Å². The first-order valence-electron chi connectivity index (χ1n) is 2.51. The molecular formula is C4H14N4O. The lowest BCUT2D eigenvalue weighted by atomic mass is 10.4. The van der Waals surface area contributed by atoms with Crippen molar-refractivity contribution in [3.63, 3.8) is 0 Å². The van der Waals surface area contributed by atoms with Gasteiger partial charge in [-0.15, -0.1) is 0 Å². The fraction of sp³-hybridized carbons (Fsp3) is 0.750. The van der Waals surface area contributed by atoms with Gasteiger partial charge in [-0.25, -0.2) is 4.79 Å². The molecule has 9 heavy (non-hydrogen) atoms. The molecule has 1 atom stereocenters. The van der Waals surface area contributed by atoms with Gasteiger partial charge in [-0.05, 0) is 6.92 Å². The average molecular weight is 134 g/mol. The molecule has 0 aliphatic carbocycles. The van der Waals surface area contributed by atoms with E-state index in [2.05, 4.69) is 11.5 Å². The summed E-state index contributed by atoms with van der Waals surface area (Å²) < 4.78 is 0. The van der Waals surface area contributed by atoms with Crippen molar-refractivity contribution < 1.29 is 4.79 Å². The molecule has 2 amide bonds. The molecule has 0 aromatic rings. The van der Waals surface area contributed by atoms with Gasteiger partial charge in [0.2, 0.25) is 0 Å². The summed E-state index contributed by atoms with van der Waals surface area (Å²) in [5.41, 5.74) is 18.7. The third-order valence-electron chi connectivity index (χ3n) is 0.372. The lowest BCUT2D eigenvalue weighted by Gasteiger charge is -1.92. The fourth-order valence-corrected chi connectivity index (χ4v) is 0. The van der Waals surface area contributed by atoms with E-state index >= 15 is 0 Å². The lowest BCUT2D eigenvalue weighted by molar-refractivity contribution is 0.256. The largest absolute Gasteiger partial charge is 0.352 e. The van der Waals surface area contributed by atoms with E-state index in [1.807, 2.05) is 6.92 Å². The molecule has 0 fully saturated rings. The third kappa shape index (κ3) is 137. The molecule has 0 aromatic carbocycles. The van der Waals surface area contributed by atoms with E-state index in [1.165, 1.54) is 0 Å². The topological polar surface area (TPSA) is 121 Å². The minimum Gasteiger partial charge on any atom is -0.352 e. The Bertz CT molecular complexity index is 69.0. The summed E-state index contributed by atoms with van der Waals surface area (Å²) in [6, 6.07) is -0.671. The van der Waals surface area contributed by atoms with Crippen LogP contribution in [-0.2, 0) is 0 Å². The first-order valence-corrected chi connectivity index (χ1v) is 2.51. The number of amides is 2. The number of primary amides is 2. The quantitative estimate of drug-likeness (QED) is 0.342. The number of carbonyl (C=O) groups excluding carboxylic acids is 1. The van der Waals surface area contributed by atoms with Crippen molar-refractivity contribution in [3.8, 4) is 0 Å². The molecule has 5 heteroatoms. The molecule has 0 rings (SSSR count). The first kappa shape index (κ1) is 11.0. The van der Waals surface area contributed by atoms with Crippen molar-refractivity contribution in [1.29, 1.82) is 0 Å². The van der Waals surface area contributed by atoms with Gasteiger partial charge < -0.3 is 22.9 Å². The van der Waals surface area contributed by atoms with E-state index in [9.17, 15) is 0 Å². The van der Waals surface area contributed by atoms with Gasteiger partial charge in [0.05, 0.1) is 0 Å². The predicted molar refractivity (Wildman–Crippen MR) is 36.5 cm³/mol. The second-order valence-electron chi connectivity index (χ2n) is 1.62. The molecule has 0 radical (unpaired) electrons. The van der Waals surface area contributed by atoms with Crippen LogP contribution in [0.2, 0.25) is 0 Å². The highest BCUT2D eigenvalue weighted by Gasteiger charge is 1.79. The highest BCUT2D eigenvalue weighted by atomic mass is 16.2. The standard InChI is InChI=1S/C3H10N2.CH4N2O/c1-3(5)2-4;2-1(3)4/h3H,2,4-5H2,1H3;(H4,2,3,4). The summed E-state index contributed by atoms with van der Waals surface area (Å²) in [6.45, 7) is 2.46. The van der Waals surface area contributed by atoms with Crippen molar-refractivity contribution in [2.24, 2.45) is 22.9 Å². The van der Waals surface area contributed by atoms with Gasteiger partial charge >= 0.3 is 6.03 Å². The molecule has 0 spiro atoms. The molecule has 0 aliphatic rings. The molecule has 0 bridgehead atoms. The van der Waals surface area contributed by atoms with E-state index in [0.717, 1.165) is 0 Å². The molecular weight excluding hydrogens is 120 g/mol. The number of nitrogens with two attached hydrogens (primary N) is 4. The molecule has 5 nitrogen and oxygen atoms in total. The van der Waals surface area contributed by atoms with Gasteiger partial charge in [0.15, 0.2) is 0 Å². The molecule has 0 aliphatic heterocycles. The summed E-state index contributed by atoms with van der Waals surface area (Å²) in [4.78, 5) is 9.00. The Morgan fingerprint density at radius 1 is 1.56 bits per heavy atom. The Balaban J connectivity index is 0. The molecule has 1 unspecified atom stereocenters. The Labute approximate surface area is 54.4 Å². The smallest absolute Gasteiger partial charge is 0.309 e. The minimum atomic E-state index is -0.833. The fourth-order valence-electron chi connectivity index (χ4n) is 0. The summed E-state index contributed by atoms with van der Waals surface area (Å²) in [5.74, 6) is 0. The van der Waals surface area contributed by atoms with Crippen LogP contribution in [0, 0.1) is 0 Å². The van der Waals surface area contributed by atoms with Crippen LogP contribution < -0.4 is 22.9 Å². The number of carbonyl (C=O) groups is 1. The maximum atomic E-state index is 9.00. The van der Waals surface area contributed by atoms with Gasteiger partial charge in [0.25, 0.3) is 0 Å². The van der Waals surface area contributed by atoms with Gasteiger partial charge in [-0.1, -0.05) is 0 Å². The zero-order valence-corrected chi connectivity index (χ0v) is 5.50. The van der Waals surface area contributed by atoms with Crippen LogP contribution in [0.3, 0.4) is 0 Å². The highest BCUT2D eigenvalue weighted by molar-refractivity contribution is 5.69. The average Bonchev–Trinajstić information content (AvgIpc) is 1.65. The normalized spacial score (nSPS) is 11.0. The number of hydrogen-bond donors (Lipinski definition) is 4. The summed E-state index contributed by atoms with van der Waals surface area (Å²) in [7, 11) is 0. The Hall–Kier alpha value is -0.810. The van der Waals surface area contributed by atoms with Crippen molar-refractivity contribution in [1.82, 2.24) is 0 Å². The van der Waals surface area contributed by atoms with Gasteiger partial charge in [0, 0.05) is 12.6 Å². The van der Waals surface area contributed by atoms with Crippen LogP contribution in [0.25, 0.3) is 0 Å². The van der Waals surface area contributed by atoms with E-state index in [-0.39, 0.29) is 6.04 Å². The van der Waals surface area contributed by atoms with Crippen molar-refractivity contribution in [2.45, 2.75) is 13.0 Å². The molecule has 0 saturated heterocycles. The van der Waals surface area contributed by atoms with Crippen LogP contribution in [-0.4, -0.2) is 18.6 Å². The zero-order valence-electron chi connectivity index (χ0n) is 5.50. The molecule has 0 aromatic heterocycles. The van der Waals surface area contributed by atoms with Crippen molar-refractivity contribution in [3.05, 3.63) is 0 Å². The second-order valence-corrected chi connectivity index (χ2v) is 1.62. The lowest BCUT2D eigenvalue weighted by Crippen LogP contribution is -2.25. The van der Waals surface area contributed by atoms with Gasteiger partial charge in [-0.2, -0.15) is 0 Å². The summed E-state index contributed by atoms with van der Waals surface area (Å²) in [6.07, 6.45) is 0. The SMILES string of the molecule is CC(N)CN.NC(N)=O. The zero-order chi connectivity index (χ0) is 7.86. The van der Waals surface area contributed by atoms with E-state index in [4.69, 9.17) is 16.3 Å². The van der Waals surface area contributed by atoms with Crippen LogP contribution in [0.15, 0.2) is 0 Å².